The van der Waals surface area contributed by atoms with Gasteiger partial charge in [0.15, 0.2) is 0 Å². The molecule has 1 aromatic carbocycles. The van der Waals surface area contributed by atoms with Gasteiger partial charge in [-0.15, -0.1) is 0 Å². The van der Waals surface area contributed by atoms with Crippen LogP contribution in [0.25, 0.3) is 0 Å². The van der Waals surface area contributed by atoms with E-state index in [1.807, 2.05) is 13.8 Å². The minimum absolute atomic E-state index is 0.587. The second kappa shape index (κ2) is 9.44. The predicted octanol–water partition coefficient (Wildman–Crippen LogP) is 5.56. The summed E-state index contributed by atoms with van der Waals surface area (Å²) in [5.74, 6) is 0. The van der Waals surface area contributed by atoms with E-state index in [1.54, 1.807) is 12.1 Å². The van der Waals surface area contributed by atoms with Gasteiger partial charge in [-0.25, -0.2) is 0 Å². The zero-order valence-corrected chi connectivity index (χ0v) is 15.2. The Morgan fingerprint density at radius 1 is 0.913 bits per heavy atom. The molecule has 0 saturated carbocycles. The average Bonchev–Trinajstić information content (AvgIpc) is 2.47. The average molecular weight is 348 g/mol. The van der Waals surface area contributed by atoms with Crippen molar-refractivity contribution in [3.8, 4) is 0 Å². The van der Waals surface area contributed by atoms with Gasteiger partial charge in [-0.2, -0.15) is 13.2 Å². The van der Waals surface area contributed by atoms with Crippen molar-refractivity contribution in [3.63, 3.8) is 0 Å². The molecule has 0 fully saturated rings. The maximum absolute atomic E-state index is 12.5. The van der Waals surface area contributed by atoms with Crippen molar-refractivity contribution < 1.29 is 22.0 Å². The maximum Gasteiger partial charge on any atom is 0.416 e. The lowest BCUT2D eigenvalue weighted by Crippen LogP contribution is -2.38. The van der Waals surface area contributed by atoms with Crippen molar-refractivity contribution in [2.75, 3.05) is 13.2 Å². The summed E-state index contributed by atoms with van der Waals surface area (Å²) in [5, 5.41) is 0. The van der Waals surface area contributed by atoms with Crippen LogP contribution < -0.4 is 0 Å². The Bertz CT molecular complexity index is 440. The second-order valence-electron chi connectivity index (χ2n) is 5.76. The van der Waals surface area contributed by atoms with Crippen LogP contribution in [0.4, 0.5) is 13.2 Å². The van der Waals surface area contributed by atoms with E-state index in [9.17, 15) is 13.2 Å². The third-order valence-electron chi connectivity index (χ3n) is 3.78. The van der Waals surface area contributed by atoms with E-state index in [4.69, 9.17) is 8.85 Å². The van der Waals surface area contributed by atoms with E-state index in [1.165, 1.54) is 0 Å². The van der Waals surface area contributed by atoms with Crippen molar-refractivity contribution >= 4 is 8.56 Å². The minimum Gasteiger partial charge on any atom is -0.395 e. The van der Waals surface area contributed by atoms with E-state index in [-0.39, 0.29) is 0 Å². The van der Waals surface area contributed by atoms with Gasteiger partial charge in [-0.3, -0.25) is 0 Å². The normalized spacial score (nSPS) is 12.6. The summed E-state index contributed by atoms with van der Waals surface area (Å²) in [7, 11) is -2.03. The van der Waals surface area contributed by atoms with Crippen molar-refractivity contribution in [2.24, 2.45) is 0 Å². The molecule has 132 valence electrons. The Balaban J connectivity index is 2.32. The van der Waals surface area contributed by atoms with Crippen molar-refractivity contribution in [1.82, 2.24) is 0 Å². The molecule has 0 saturated heterocycles. The fraction of sp³-hybridized carbons (Fsp3) is 0.647. The fourth-order valence-electron chi connectivity index (χ4n) is 2.61. The van der Waals surface area contributed by atoms with Gasteiger partial charge in [0.25, 0.3) is 0 Å². The van der Waals surface area contributed by atoms with Gasteiger partial charge in [0.1, 0.15) is 0 Å². The van der Waals surface area contributed by atoms with Crippen LogP contribution in [0.2, 0.25) is 12.6 Å². The summed E-state index contributed by atoms with van der Waals surface area (Å²) < 4.78 is 49.0. The first-order chi connectivity index (χ1) is 10.8. The Hall–Kier alpha value is -0.853. The summed E-state index contributed by atoms with van der Waals surface area (Å²) in [6, 6.07) is 6.42. The van der Waals surface area contributed by atoms with Crippen LogP contribution in [0.3, 0.4) is 0 Å². The maximum atomic E-state index is 12.5. The van der Waals surface area contributed by atoms with Crippen LogP contribution in [-0.4, -0.2) is 21.8 Å². The smallest absolute Gasteiger partial charge is 0.395 e. The number of hydrogen-bond donors (Lipinski definition) is 0. The number of unbranched alkanes of at least 4 members (excludes halogenated alkanes) is 2. The molecule has 0 heterocycles. The highest BCUT2D eigenvalue weighted by molar-refractivity contribution is 6.66. The summed E-state index contributed by atoms with van der Waals surface area (Å²) in [6.07, 6.45) is -0.424. The molecule has 1 aromatic rings. The summed E-state index contributed by atoms with van der Waals surface area (Å²) in [4.78, 5) is 0. The van der Waals surface area contributed by atoms with E-state index >= 15 is 0 Å². The lowest BCUT2D eigenvalue weighted by Gasteiger charge is -2.25. The highest BCUT2D eigenvalue weighted by atomic mass is 28.4. The molecule has 23 heavy (non-hydrogen) atoms. The van der Waals surface area contributed by atoms with E-state index in [2.05, 4.69) is 6.55 Å². The molecule has 0 N–H and O–H groups in total. The van der Waals surface area contributed by atoms with Crippen LogP contribution in [-0.2, 0) is 21.4 Å². The molecule has 0 aliphatic rings. The molecule has 0 aliphatic heterocycles. The van der Waals surface area contributed by atoms with Gasteiger partial charge >= 0.3 is 14.7 Å². The van der Waals surface area contributed by atoms with E-state index < -0.39 is 20.3 Å². The molecule has 0 bridgehead atoms. The van der Waals surface area contributed by atoms with Crippen molar-refractivity contribution in [3.05, 3.63) is 35.4 Å². The number of benzene rings is 1. The zero-order valence-electron chi connectivity index (χ0n) is 14.2. The van der Waals surface area contributed by atoms with E-state index in [0.29, 0.717) is 13.2 Å². The van der Waals surface area contributed by atoms with Gasteiger partial charge in [0.05, 0.1) is 5.56 Å². The van der Waals surface area contributed by atoms with Crippen LogP contribution in [0.15, 0.2) is 24.3 Å². The quantitative estimate of drug-likeness (QED) is 0.407. The molecule has 0 aromatic heterocycles. The first kappa shape index (κ1) is 20.2. The van der Waals surface area contributed by atoms with Gasteiger partial charge in [0.2, 0.25) is 0 Å². The van der Waals surface area contributed by atoms with Crippen LogP contribution in [0.1, 0.15) is 44.2 Å². The molecule has 0 radical (unpaired) electrons. The van der Waals surface area contributed by atoms with Gasteiger partial charge in [0, 0.05) is 13.2 Å². The van der Waals surface area contributed by atoms with Crippen molar-refractivity contribution in [1.29, 1.82) is 0 Å². The largest absolute Gasteiger partial charge is 0.416 e. The monoisotopic (exact) mass is 348 g/mol. The second-order valence-corrected chi connectivity index (χ2v) is 9.10. The highest BCUT2D eigenvalue weighted by Gasteiger charge is 2.30. The molecule has 0 aliphatic carbocycles. The standard InChI is InChI=1S/C17H27F3O2Si/c1-4-21-23(3,22-5-2)14-8-6-7-9-15-10-12-16(13-11-15)17(18,19)20/h10-13H,4-9,14H2,1-3H3. The summed E-state index contributed by atoms with van der Waals surface area (Å²) >= 11 is 0. The predicted molar refractivity (Wildman–Crippen MR) is 88.7 cm³/mol. The molecule has 0 amide bonds. The lowest BCUT2D eigenvalue weighted by molar-refractivity contribution is -0.137. The van der Waals surface area contributed by atoms with Gasteiger partial charge < -0.3 is 8.85 Å². The zero-order chi connectivity index (χ0) is 17.3. The topological polar surface area (TPSA) is 18.5 Å². The first-order valence-corrected chi connectivity index (χ1v) is 10.8. The third-order valence-corrected chi connectivity index (χ3v) is 6.84. The molecular formula is C17H27F3O2Si. The highest BCUT2D eigenvalue weighted by Crippen LogP contribution is 2.29. The Morgan fingerprint density at radius 2 is 1.48 bits per heavy atom. The Labute approximate surface area is 138 Å². The van der Waals surface area contributed by atoms with Crippen LogP contribution in [0.5, 0.6) is 0 Å². The lowest BCUT2D eigenvalue weighted by atomic mass is 10.1. The van der Waals surface area contributed by atoms with Gasteiger partial charge in [-0.1, -0.05) is 25.0 Å². The molecule has 0 atom stereocenters. The first-order valence-electron chi connectivity index (χ1n) is 8.25. The Kier molecular flexibility index (Phi) is 8.29. The molecule has 0 spiro atoms. The summed E-state index contributed by atoms with van der Waals surface area (Å²) in [5.41, 5.74) is 0.365. The molecule has 0 unspecified atom stereocenters. The number of alkyl halides is 3. The number of halogens is 3. The molecule has 6 heteroatoms. The number of aryl methyl sites for hydroxylation is 1. The summed E-state index contributed by atoms with van der Waals surface area (Å²) in [6.45, 7) is 7.40. The fourth-order valence-corrected chi connectivity index (χ4v) is 5.09. The number of hydrogen-bond acceptors (Lipinski definition) is 2. The Morgan fingerprint density at radius 3 is 1.96 bits per heavy atom. The molecule has 2 nitrogen and oxygen atoms in total. The molecular weight excluding hydrogens is 321 g/mol. The van der Waals surface area contributed by atoms with Gasteiger partial charge in [-0.05, 0) is 57.0 Å². The number of rotatable bonds is 10. The SMILES string of the molecule is CCO[Si](C)(CCCCCc1ccc(C(F)(F)F)cc1)OCC. The van der Waals surface area contributed by atoms with Crippen LogP contribution in [0, 0.1) is 0 Å². The van der Waals surface area contributed by atoms with Crippen LogP contribution >= 0.6 is 0 Å². The third kappa shape index (κ3) is 7.50. The van der Waals surface area contributed by atoms with E-state index in [0.717, 1.165) is 49.4 Å². The van der Waals surface area contributed by atoms with Crippen molar-refractivity contribution in [2.45, 2.75) is 58.3 Å². The molecule has 1 rings (SSSR count). The minimum atomic E-state index is -4.26.